The first-order valence-electron chi connectivity index (χ1n) is 5.82. The van der Waals surface area contributed by atoms with Crippen molar-refractivity contribution in [1.82, 2.24) is 9.97 Å². The number of fused-ring (bicyclic) bond motifs is 1. The van der Waals surface area contributed by atoms with Crippen LogP contribution in [0.2, 0.25) is 0 Å². The predicted molar refractivity (Wildman–Crippen MR) is 77.0 cm³/mol. The highest BCUT2D eigenvalue weighted by molar-refractivity contribution is 7.18. The number of rotatable bonds is 2. The van der Waals surface area contributed by atoms with Gasteiger partial charge in [0.1, 0.15) is 16.4 Å². The highest BCUT2D eigenvalue weighted by Crippen LogP contribution is 2.24. The number of methoxy groups -OCH3 is 1. The Morgan fingerprint density at radius 3 is 2.95 bits per heavy atom. The number of H-pyrrole nitrogens is 1. The molecule has 1 N–H and O–H groups in total. The van der Waals surface area contributed by atoms with Crippen LogP contribution in [-0.2, 0) is 0 Å². The van der Waals surface area contributed by atoms with Crippen LogP contribution in [0, 0.1) is 6.92 Å². The van der Waals surface area contributed by atoms with Gasteiger partial charge in [-0.05, 0) is 25.1 Å². The van der Waals surface area contributed by atoms with Gasteiger partial charge in [-0.2, -0.15) is 0 Å². The lowest BCUT2D eigenvalue weighted by Gasteiger charge is -2.03. The summed E-state index contributed by atoms with van der Waals surface area (Å²) in [5.74, 6) is 1.31. The Balaban J connectivity index is 2.21. The minimum Gasteiger partial charge on any atom is -0.497 e. The second-order valence-electron chi connectivity index (χ2n) is 4.22. The van der Waals surface area contributed by atoms with Crippen LogP contribution >= 0.6 is 11.3 Å². The fourth-order valence-electron chi connectivity index (χ4n) is 1.96. The van der Waals surface area contributed by atoms with Crippen molar-refractivity contribution >= 4 is 21.6 Å². The molecule has 0 saturated carbocycles. The molecule has 0 spiro atoms. The highest BCUT2D eigenvalue weighted by Gasteiger charge is 2.09. The molecule has 0 aliphatic heterocycles. The molecule has 0 aliphatic carbocycles. The molecule has 0 fully saturated rings. The average molecular weight is 272 g/mol. The zero-order chi connectivity index (χ0) is 13.4. The lowest BCUT2D eigenvalue weighted by Crippen LogP contribution is -2.07. The first-order chi connectivity index (χ1) is 9.17. The third-order valence-corrected chi connectivity index (χ3v) is 3.81. The first-order valence-corrected chi connectivity index (χ1v) is 6.64. The van der Waals surface area contributed by atoms with E-state index in [4.69, 9.17) is 4.74 Å². The van der Waals surface area contributed by atoms with E-state index in [0.29, 0.717) is 11.2 Å². The Kier molecular flexibility index (Phi) is 2.83. The number of aromatic nitrogens is 2. The SMILES string of the molecule is COc1cccc(-c2nc3sc(C)cc3c(=O)[nH]2)c1. The Bertz CT molecular complexity index is 805. The summed E-state index contributed by atoms with van der Waals surface area (Å²) in [7, 11) is 1.61. The molecule has 19 heavy (non-hydrogen) atoms. The standard InChI is InChI=1S/C14H12N2O2S/c1-8-6-11-13(17)15-12(16-14(11)19-8)9-4-3-5-10(7-9)18-2/h3-7H,1-2H3,(H,15,16,17). The summed E-state index contributed by atoms with van der Waals surface area (Å²) in [5, 5.41) is 0.647. The monoisotopic (exact) mass is 272 g/mol. The number of hydrogen-bond acceptors (Lipinski definition) is 4. The summed E-state index contributed by atoms with van der Waals surface area (Å²) >= 11 is 1.52. The normalized spacial score (nSPS) is 10.8. The van der Waals surface area contributed by atoms with Crippen LogP contribution in [0.4, 0.5) is 0 Å². The molecule has 1 aromatic carbocycles. The van der Waals surface area contributed by atoms with E-state index in [0.717, 1.165) is 21.0 Å². The van der Waals surface area contributed by atoms with Crippen LogP contribution in [0.5, 0.6) is 5.75 Å². The van der Waals surface area contributed by atoms with Crippen molar-refractivity contribution in [2.45, 2.75) is 6.92 Å². The zero-order valence-electron chi connectivity index (χ0n) is 10.6. The van der Waals surface area contributed by atoms with Gasteiger partial charge in [0.25, 0.3) is 5.56 Å². The Hall–Kier alpha value is -2.14. The molecule has 0 saturated heterocycles. The fourth-order valence-corrected chi connectivity index (χ4v) is 2.84. The molecule has 0 unspecified atom stereocenters. The molecular formula is C14H12N2O2S. The molecule has 2 aromatic heterocycles. The van der Waals surface area contributed by atoms with E-state index >= 15 is 0 Å². The van der Waals surface area contributed by atoms with Crippen LogP contribution < -0.4 is 10.3 Å². The van der Waals surface area contributed by atoms with Crippen LogP contribution in [0.3, 0.4) is 0 Å². The maximum Gasteiger partial charge on any atom is 0.259 e. The molecule has 5 heteroatoms. The third-order valence-electron chi connectivity index (χ3n) is 2.87. The van der Waals surface area contributed by atoms with Gasteiger partial charge < -0.3 is 9.72 Å². The number of ether oxygens (including phenoxy) is 1. The number of hydrogen-bond donors (Lipinski definition) is 1. The van der Waals surface area contributed by atoms with Gasteiger partial charge in [0.05, 0.1) is 12.5 Å². The number of benzene rings is 1. The van der Waals surface area contributed by atoms with E-state index in [1.54, 1.807) is 7.11 Å². The highest BCUT2D eigenvalue weighted by atomic mass is 32.1. The van der Waals surface area contributed by atoms with Crippen molar-refractivity contribution in [3.05, 3.63) is 45.6 Å². The molecule has 0 bridgehead atoms. The van der Waals surface area contributed by atoms with Gasteiger partial charge in [-0.25, -0.2) is 4.98 Å². The molecule has 4 nitrogen and oxygen atoms in total. The smallest absolute Gasteiger partial charge is 0.259 e. The fraction of sp³-hybridized carbons (Fsp3) is 0.143. The van der Waals surface area contributed by atoms with E-state index in [1.165, 1.54) is 11.3 Å². The minimum atomic E-state index is -0.104. The van der Waals surface area contributed by atoms with Crippen molar-refractivity contribution in [2.75, 3.05) is 7.11 Å². The summed E-state index contributed by atoms with van der Waals surface area (Å²) in [6, 6.07) is 9.34. The Morgan fingerprint density at radius 1 is 1.32 bits per heavy atom. The molecule has 3 rings (SSSR count). The van der Waals surface area contributed by atoms with E-state index in [2.05, 4.69) is 9.97 Å². The topological polar surface area (TPSA) is 55.0 Å². The number of thiophene rings is 1. The molecule has 0 radical (unpaired) electrons. The molecule has 96 valence electrons. The van der Waals surface area contributed by atoms with Gasteiger partial charge in [0.15, 0.2) is 0 Å². The van der Waals surface area contributed by atoms with Crippen molar-refractivity contribution in [3.8, 4) is 17.1 Å². The summed E-state index contributed by atoms with van der Waals surface area (Å²) in [4.78, 5) is 21.2. The maximum absolute atomic E-state index is 12.0. The first kappa shape index (κ1) is 11.9. The summed E-state index contributed by atoms with van der Waals surface area (Å²) < 4.78 is 5.18. The maximum atomic E-state index is 12.0. The second-order valence-corrected chi connectivity index (χ2v) is 5.46. The molecule has 3 aromatic rings. The zero-order valence-corrected chi connectivity index (χ0v) is 11.4. The van der Waals surface area contributed by atoms with Gasteiger partial charge >= 0.3 is 0 Å². The lowest BCUT2D eigenvalue weighted by molar-refractivity contribution is 0.415. The lowest BCUT2D eigenvalue weighted by atomic mass is 10.2. The molecule has 0 atom stereocenters. The number of aryl methyl sites for hydroxylation is 1. The number of nitrogens with zero attached hydrogens (tertiary/aromatic N) is 1. The summed E-state index contributed by atoms with van der Waals surface area (Å²) in [6.07, 6.45) is 0. The van der Waals surface area contributed by atoms with E-state index in [9.17, 15) is 4.79 Å². The minimum absolute atomic E-state index is 0.104. The average Bonchev–Trinajstić information content (AvgIpc) is 2.80. The predicted octanol–water partition coefficient (Wildman–Crippen LogP) is 2.97. The quantitative estimate of drug-likeness (QED) is 0.780. The van der Waals surface area contributed by atoms with E-state index < -0.39 is 0 Å². The van der Waals surface area contributed by atoms with Crippen molar-refractivity contribution in [2.24, 2.45) is 0 Å². The third kappa shape index (κ3) is 2.13. The molecule has 0 amide bonds. The second kappa shape index (κ2) is 4.51. The Morgan fingerprint density at radius 2 is 2.16 bits per heavy atom. The molecule has 0 aliphatic rings. The van der Waals surface area contributed by atoms with Crippen LogP contribution in [0.1, 0.15) is 4.88 Å². The largest absolute Gasteiger partial charge is 0.497 e. The number of aromatic amines is 1. The van der Waals surface area contributed by atoms with Crippen molar-refractivity contribution in [3.63, 3.8) is 0 Å². The number of nitrogens with one attached hydrogen (secondary N) is 1. The summed E-state index contributed by atoms with van der Waals surface area (Å²) in [5.41, 5.74) is 0.733. The van der Waals surface area contributed by atoms with Crippen LogP contribution in [0.15, 0.2) is 35.1 Å². The van der Waals surface area contributed by atoms with E-state index in [1.807, 2.05) is 37.3 Å². The van der Waals surface area contributed by atoms with Crippen molar-refractivity contribution in [1.29, 1.82) is 0 Å². The Labute approximate surface area is 113 Å². The molecule has 2 heterocycles. The van der Waals surface area contributed by atoms with Crippen LogP contribution in [0.25, 0.3) is 21.6 Å². The van der Waals surface area contributed by atoms with Gasteiger partial charge in [-0.3, -0.25) is 4.79 Å². The van der Waals surface area contributed by atoms with Gasteiger partial charge in [0, 0.05) is 10.4 Å². The molecular weight excluding hydrogens is 260 g/mol. The van der Waals surface area contributed by atoms with Gasteiger partial charge in [-0.15, -0.1) is 11.3 Å². The van der Waals surface area contributed by atoms with Crippen molar-refractivity contribution < 1.29 is 4.74 Å². The van der Waals surface area contributed by atoms with Crippen LogP contribution in [-0.4, -0.2) is 17.1 Å². The van der Waals surface area contributed by atoms with Gasteiger partial charge in [0.2, 0.25) is 0 Å². The summed E-state index contributed by atoms with van der Waals surface area (Å²) in [6.45, 7) is 1.97. The van der Waals surface area contributed by atoms with E-state index in [-0.39, 0.29) is 5.56 Å². The van der Waals surface area contributed by atoms with Gasteiger partial charge in [-0.1, -0.05) is 12.1 Å².